The maximum atomic E-state index is 12.0. The van der Waals surface area contributed by atoms with Crippen molar-refractivity contribution in [1.29, 1.82) is 0 Å². The zero-order chi connectivity index (χ0) is 16.1. The molecule has 1 aliphatic carbocycles. The number of carbonyl (C=O) groups is 1. The first-order chi connectivity index (χ1) is 10.5. The summed E-state index contributed by atoms with van der Waals surface area (Å²) in [6.07, 6.45) is 5.03. The van der Waals surface area contributed by atoms with Crippen LogP contribution >= 0.6 is 0 Å². The molecular weight excluding hydrogens is 278 g/mol. The van der Waals surface area contributed by atoms with E-state index in [0.717, 1.165) is 17.8 Å². The van der Waals surface area contributed by atoms with Crippen molar-refractivity contribution in [2.45, 2.75) is 72.1 Å². The highest BCUT2D eigenvalue weighted by atomic mass is 16.5. The van der Waals surface area contributed by atoms with Crippen LogP contribution < -0.4 is 5.32 Å². The third-order valence-corrected chi connectivity index (χ3v) is 4.42. The SMILES string of the molecule is Cc1cc(C)n(C[C@H](C)NC(=O)CO[C@H]2CCCC[C@H]2C)n1. The minimum atomic E-state index is -0.0354. The van der Waals surface area contributed by atoms with Crippen LogP contribution in [-0.4, -0.2) is 34.4 Å². The number of amides is 1. The third-order valence-electron chi connectivity index (χ3n) is 4.42. The Morgan fingerprint density at radius 3 is 2.82 bits per heavy atom. The molecule has 5 heteroatoms. The predicted octanol–water partition coefficient (Wildman–Crippen LogP) is 2.60. The summed E-state index contributed by atoms with van der Waals surface area (Å²) in [6, 6.07) is 2.08. The van der Waals surface area contributed by atoms with Gasteiger partial charge in [0.2, 0.25) is 5.91 Å². The van der Waals surface area contributed by atoms with Gasteiger partial charge in [-0.15, -0.1) is 0 Å². The van der Waals surface area contributed by atoms with Gasteiger partial charge >= 0.3 is 0 Å². The number of nitrogens with one attached hydrogen (secondary N) is 1. The van der Waals surface area contributed by atoms with Crippen molar-refractivity contribution in [3.05, 3.63) is 17.5 Å². The predicted molar refractivity (Wildman–Crippen MR) is 86.7 cm³/mol. The van der Waals surface area contributed by atoms with Gasteiger partial charge in [-0.25, -0.2) is 0 Å². The molecule has 1 aromatic heterocycles. The Kier molecular flexibility index (Phi) is 6.00. The number of hydrogen-bond donors (Lipinski definition) is 1. The lowest BCUT2D eigenvalue weighted by atomic mass is 9.88. The molecular formula is C17H29N3O2. The Labute approximate surface area is 133 Å². The monoisotopic (exact) mass is 307 g/mol. The Bertz CT molecular complexity index is 498. The van der Waals surface area contributed by atoms with Gasteiger partial charge in [-0.05, 0) is 45.6 Å². The largest absolute Gasteiger partial charge is 0.368 e. The fourth-order valence-electron chi connectivity index (χ4n) is 3.19. The lowest BCUT2D eigenvalue weighted by Gasteiger charge is -2.28. The molecule has 1 saturated carbocycles. The second kappa shape index (κ2) is 7.77. The lowest BCUT2D eigenvalue weighted by Crippen LogP contribution is -2.39. The molecule has 0 saturated heterocycles. The van der Waals surface area contributed by atoms with E-state index < -0.39 is 0 Å². The number of ether oxygens (including phenoxy) is 1. The van der Waals surface area contributed by atoms with Crippen molar-refractivity contribution in [1.82, 2.24) is 15.1 Å². The lowest BCUT2D eigenvalue weighted by molar-refractivity contribution is -0.130. The van der Waals surface area contributed by atoms with Gasteiger partial charge in [-0.1, -0.05) is 19.8 Å². The van der Waals surface area contributed by atoms with Crippen molar-refractivity contribution >= 4 is 5.91 Å². The van der Waals surface area contributed by atoms with Crippen LogP contribution in [0.15, 0.2) is 6.07 Å². The minimum Gasteiger partial charge on any atom is -0.368 e. The molecule has 1 aliphatic rings. The summed E-state index contributed by atoms with van der Waals surface area (Å²) in [5.41, 5.74) is 2.12. The third kappa shape index (κ3) is 4.83. The summed E-state index contributed by atoms with van der Waals surface area (Å²) in [5.74, 6) is 0.528. The van der Waals surface area contributed by atoms with E-state index in [0.29, 0.717) is 12.5 Å². The van der Waals surface area contributed by atoms with Gasteiger partial charge < -0.3 is 10.1 Å². The number of nitrogens with zero attached hydrogens (tertiary/aromatic N) is 2. The Morgan fingerprint density at radius 1 is 1.45 bits per heavy atom. The first-order valence-corrected chi connectivity index (χ1v) is 8.37. The summed E-state index contributed by atoms with van der Waals surface area (Å²) in [7, 11) is 0. The molecule has 0 aliphatic heterocycles. The normalized spacial score (nSPS) is 23.3. The van der Waals surface area contributed by atoms with Gasteiger partial charge in [-0.2, -0.15) is 5.10 Å². The topological polar surface area (TPSA) is 56.2 Å². The van der Waals surface area contributed by atoms with Crippen LogP contribution in [0.25, 0.3) is 0 Å². The average molecular weight is 307 g/mol. The van der Waals surface area contributed by atoms with Crippen LogP contribution in [-0.2, 0) is 16.1 Å². The van der Waals surface area contributed by atoms with Crippen molar-refractivity contribution in [3.8, 4) is 0 Å². The van der Waals surface area contributed by atoms with E-state index in [1.165, 1.54) is 19.3 Å². The Balaban J connectivity index is 1.73. The number of rotatable bonds is 6. The fourth-order valence-corrected chi connectivity index (χ4v) is 3.19. The molecule has 0 bridgehead atoms. The number of carbonyl (C=O) groups excluding carboxylic acids is 1. The highest BCUT2D eigenvalue weighted by Crippen LogP contribution is 2.26. The molecule has 0 radical (unpaired) electrons. The van der Waals surface area contributed by atoms with Crippen LogP contribution in [0, 0.1) is 19.8 Å². The van der Waals surface area contributed by atoms with E-state index >= 15 is 0 Å². The van der Waals surface area contributed by atoms with Crippen LogP contribution in [0.1, 0.15) is 50.9 Å². The summed E-state index contributed by atoms with van der Waals surface area (Å²) >= 11 is 0. The fraction of sp³-hybridized carbons (Fsp3) is 0.765. The molecule has 0 unspecified atom stereocenters. The summed E-state index contributed by atoms with van der Waals surface area (Å²) in [6.45, 7) is 9.07. The summed E-state index contributed by atoms with van der Waals surface area (Å²) < 4.78 is 7.74. The highest BCUT2D eigenvalue weighted by Gasteiger charge is 2.22. The smallest absolute Gasteiger partial charge is 0.246 e. The first kappa shape index (κ1) is 17.0. The van der Waals surface area contributed by atoms with Gasteiger partial charge in [0.15, 0.2) is 0 Å². The second-order valence-corrected chi connectivity index (χ2v) is 6.69. The van der Waals surface area contributed by atoms with E-state index in [2.05, 4.69) is 17.3 Å². The Hall–Kier alpha value is -1.36. The molecule has 0 spiro atoms. The maximum absolute atomic E-state index is 12.0. The number of aromatic nitrogens is 2. The van der Waals surface area contributed by atoms with Crippen LogP contribution in [0.4, 0.5) is 0 Å². The molecule has 1 heterocycles. The molecule has 3 atom stereocenters. The van der Waals surface area contributed by atoms with Gasteiger partial charge in [0.1, 0.15) is 6.61 Å². The standard InChI is InChI=1S/C17H29N3O2/c1-12-7-5-6-8-16(12)22-11-17(21)18-14(3)10-20-15(4)9-13(2)19-20/h9,12,14,16H,5-8,10-11H2,1-4H3,(H,18,21)/t12-,14+,16+/m1/s1. The zero-order valence-corrected chi connectivity index (χ0v) is 14.3. The molecule has 22 heavy (non-hydrogen) atoms. The molecule has 1 aromatic rings. The first-order valence-electron chi connectivity index (χ1n) is 8.37. The van der Waals surface area contributed by atoms with Crippen molar-refractivity contribution < 1.29 is 9.53 Å². The van der Waals surface area contributed by atoms with Gasteiger partial charge in [0.05, 0.1) is 18.3 Å². The number of hydrogen-bond acceptors (Lipinski definition) is 3. The van der Waals surface area contributed by atoms with Crippen molar-refractivity contribution in [2.75, 3.05) is 6.61 Å². The van der Waals surface area contributed by atoms with E-state index in [4.69, 9.17) is 4.74 Å². The van der Waals surface area contributed by atoms with Crippen molar-refractivity contribution in [2.24, 2.45) is 5.92 Å². The summed E-state index contributed by atoms with van der Waals surface area (Å²) in [5, 5.41) is 7.42. The van der Waals surface area contributed by atoms with Gasteiger partial charge in [0.25, 0.3) is 0 Å². The second-order valence-electron chi connectivity index (χ2n) is 6.69. The summed E-state index contributed by atoms with van der Waals surface area (Å²) in [4.78, 5) is 12.0. The maximum Gasteiger partial charge on any atom is 0.246 e. The van der Waals surface area contributed by atoms with Crippen LogP contribution in [0.3, 0.4) is 0 Å². The molecule has 1 fully saturated rings. The molecule has 124 valence electrons. The van der Waals surface area contributed by atoms with Gasteiger partial charge in [0, 0.05) is 11.7 Å². The molecule has 2 rings (SSSR count). The molecule has 0 aromatic carbocycles. The van der Waals surface area contributed by atoms with E-state index in [1.54, 1.807) is 0 Å². The zero-order valence-electron chi connectivity index (χ0n) is 14.3. The van der Waals surface area contributed by atoms with E-state index in [9.17, 15) is 4.79 Å². The van der Waals surface area contributed by atoms with Gasteiger partial charge in [-0.3, -0.25) is 9.48 Å². The molecule has 5 nitrogen and oxygen atoms in total. The average Bonchev–Trinajstić information content (AvgIpc) is 2.75. The minimum absolute atomic E-state index is 0.0354. The molecule has 1 amide bonds. The number of aryl methyl sites for hydroxylation is 2. The highest BCUT2D eigenvalue weighted by molar-refractivity contribution is 5.77. The van der Waals surface area contributed by atoms with Crippen LogP contribution in [0.5, 0.6) is 0 Å². The Morgan fingerprint density at radius 2 is 2.18 bits per heavy atom. The quantitative estimate of drug-likeness (QED) is 0.879. The van der Waals surface area contributed by atoms with Crippen LogP contribution in [0.2, 0.25) is 0 Å². The van der Waals surface area contributed by atoms with E-state index in [-0.39, 0.29) is 24.7 Å². The molecule has 1 N–H and O–H groups in total. The van der Waals surface area contributed by atoms with Crippen molar-refractivity contribution in [3.63, 3.8) is 0 Å². The van der Waals surface area contributed by atoms with E-state index in [1.807, 2.05) is 31.5 Å².